The molecule has 2 aromatic rings. The van der Waals surface area contributed by atoms with E-state index in [9.17, 15) is 4.79 Å². The lowest BCUT2D eigenvalue weighted by Crippen LogP contribution is -2.08. The predicted octanol–water partition coefficient (Wildman–Crippen LogP) is 3.13. The van der Waals surface area contributed by atoms with Crippen LogP contribution in [0, 0.1) is 20.8 Å². The van der Waals surface area contributed by atoms with Gasteiger partial charge in [-0.25, -0.2) is 4.79 Å². The van der Waals surface area contributed by atoms with Crippen LogP contribution in [0.2, 0.25) is 0 Å². The summed E-state index contributed by atoms with van der Waals surface area (Å²) in [5, 5.41) is 8.55. The second kappa shape index (κ2) is 5.75. The molecule has 0 saturated heterocycles. The Balaban J connectivity index is 2.47. The molecule has 0 aliphatic rings. The smallest absolute Gasteiger partial charge is 0.360 e. The topological polar surface area (TPSA) is 57.0 Å². The molecule has 1 aromatic carbocycles. The van der Waals surface area contributed by atoms with Gasteiger partial charge in [-0.1, -0.05) is 15.9 Å². The van der Waals surface area contributed by atoms with Crippen molar-refractivity contribution in [3.05, 3.63) is 39.1 Å². The Kier molecular flexibility index (Phi) is 4.23. The number of nitrogens with zero attached hydrogens (tertiary/aromatic N) is 3. The minimum absolute atomic E-state index is 0.256. The fraction of sp³-hybridized carbons (Fsp3) is 0.357. The number of halogens is 1. The minimum atomic E-state index is -0.442. The molecule has 0 unspecified atom stereocenters. The van der Waals surface area contributed by atoms with E-state index in [4.69, 9.17) is 4.74 Å². The first-order chi connectivity index (χ1) is 9.43. The monoisotopic (exact) mass is 337 g/mol. The average molecular weight is 338 g/mol. The number of carbonyl (C=O) groups is 1. The Morgan fingerprint density at radius 3 is 2.60 bits per heavy atom. The number of hydrogen-bond acceptors (Lipinski definition) is 4. The molecule has 0 radical (unpaired) electrons. The number of ether oxygens (including phenoxy) is 1. The van der Waals surface area contributed by atoms with Crippen molar-refractivity contribution < 1.29 is 9.53 Å². The van der Waals surface area contributed by atoms with Crippen LogP contribution >= 0.6 is 15.9 Å². The number of rotatable bonds is 3. The average Bonchev–Trinajstić information content (AvgIpc) is 2.76. The number of benzene rings is 1. The van der Waals surface area contributed by atoms with E-state index in [-0.39, 0.29) is 5.69 Å². The zero-order valence-electron chi connectivity index (χ0n) is 11.9. The summed E-state index contributed by atoms with van der Waals surface area (Å²) >= 11 is 3.49. The van der Waals surface area contributed by atoms with Gasteiger partial charge in [0.15, 0.2) is 5.69 Å². The molecule has 0 atom stereocenters. The first-order valence-electron chi connectivity index (χ1n) is 6.32. The van der Waals surface area contributed by atoms with Crippen LogP contribution in [0.3, 0.4) is 0 Å². The van der Waals surface area contributed by atoms with Crippen molar-refractivity contribution in [3.63, 3.8) is 0 Å². The summed E-state index contributed by atoms with van der Waals surface area (Å²) in [7, 11) is 0. The Morgan fingerprint density at radius 2 is 1.95 bits per heavy atom. The normalized spacial score (nSPS) is 10.7. The number of hydrogen-bond donors (Lipinski definition) is 0. The van der Waals surface area contributed by atoms with Gasteiger partial charge in [0.25, 0.3) is 0 Å². The van der Waals surface area contributed by atoms with Gasteiger partial charge in [-0.15, -0.1) is 5.10 Å². The first-order valence-corrected chi connectivity index (χ1v) is 7.11. The maximum atomic E-state index is 11.8. The van der Waals surface area contributed by atoms with E-state index in [0.717, 1.165) is 21.3 Å². The lowest BCUT2D eigenvalue weighted by Gasteiger charge is -2.07. The van der Waals surface area contributed by atoms with Crippen LogP contribution in [0.5, 0.6) is 0 Å². The standard InChI is InChI=1S/C14H16BrN3O2/c1-5-20-14(19)13-10(4)16-18(17-13)12-7-8(2)11(15)6-9(12)3/h6-7H,5H2,1-4H3. The Morgan fingerprint density at radius 1 is 1.25 bits per heavy atom. The summed E-state index contributed by atoms with van der Waals surface area (Å²) in [5.41, 5.74) is 3.77. The summed E-state index contributed by atoms with van der Waals surface area (Å²) in [6, 6.07) is 3.99. The third kappa shape index (κ3) is 2.75. The molecule has 0 spiro atoms. The van der Waals surface area contributed by atoms with Crippen LogP contribution in [-0.4, -0.2) is 27.6 Å². The molecule has 1 aromatic heterocycles. The highest BCUT2D eigenvalue weighted by Crippen LogP contribution is 2.23. The molecule has 0 aliphatic carbocycles. The van der Waals surface area contributed by atoms with E-state index in [0.29, 0.717) is 12.3 Å². The van der Waals surface area contributed by atoms with Gasteiger partial charge in [0.2, 0.25) is 0 Å². The van der Waals surface area contributed by atoms with E-state index < -0.39 is 5.97 Å². The third-order valence-corrected chi connectivity index (χ3v) is 3.80. The highest BCUT2D eigenvalue weighted by molar-refractivity contribution is 9.10. The fourth-order valence-corrected chi connectivity index (χ4v) is 2.31. The highest BCUT2D eigenvalue weighted by atomic mass is 79.9. The summed E-state index contributed by atoms with van der Waals surface area (Å²) in [4.78, 5) is 13.3. The third-order valence-electron chi connectivity index (χ3n) is 2.94. The van der Waals surface area contributed by atoms with Crippen LogP contribution in [0.4, 0.5) is 0 Å². The van der Waals surface area contributed by atoms with Gasteiger partial charge in [-0.3, -0.25) is 0 Å². The second-order valence-corrected chi connectivity index (χ2v) is 5.39. The molecule has 0 aliphatic heterocycles. The van der Waals surface area contributed by atoms with Crippen LogP contribution in [0.15, 0.2) is 16.6 Å². The molecule has 0 saturated carbocycles. The molecular weight excluding hydrogens is 322 g/mol. The molecule has 6 heteroatoms. The zero-order chi connectivity index (χ0) is 14.9. The molecule has 106 valence electrons. The van der Waals surface area contributed by atoms with Gasteiger partial charge in [0, 0.05) is 4.47 Å². The lowest BCUT2D eigenvalue weighted by molar-refractivity contribution is 0.0518. The van der Waals surface area contributed by atoms with Gasteiger partial charge < -0.3 is 4.74 Å². The van der Waals surface area contributed by atoms with Crippen molar-refractivity contribution in [2.75, 3.05) is 6.61 Å². The Bertz CT molecular complexity index is 665. The van der Waals surface area contributed by atoms with Crippen LogP contribution < -0.4 is 0 Å². The number of aromatic nitrogens is 3. The maximum Gasteiger partial charge on any atom is 0.360 e. The molecule has 0 amide bonds. The number of esters is 1. The van der Waals surface area contributed by atoms with E-state index >= 15 is 0 Å². The van der Waals surface area contributed by atoms with Crippen molar-refractivity contribution in [1.29, 1.82) is 0 Å². The largest absolute Gasteiger partial charge is 0.461 e. The summed E-state index contributed by atoms with van der Waals surface area (Å²) in [5.74, 6) is -0.442. The molecule has 2 rings (SSSR count). The van der Waals surface area contributed by atoms with Gasteiger partial charge in [-0.05, 0) is 51.0 Å². The zero-order valence-corrected chi connectivity index (χ0v) is 13.5. The molecule has 1 heterocycles. The van der Waals surface area contributed by atoms with E-state index in [1.165, 1.54) is 4.80 Å². The molecule has 5 nitrogen and oxygen atoms in total. The molecule has 0 bridgehead atoms. The Hall–Kier alpha value is -1.69. The predicted molar refractivity (Wildman–Crippen MR) is 79.2 cm³/mol. The quantitative estimate of drug-likeness (QED) is 0.807. The van der Waals surface area contributed by atoms with Gasteiger partial charge in [0.1, 0.15) is 0 Å². The van der Waals surface area contributed by atoms with Gasteiger partial charge >= 0.3 is 5.97 Å². The van der Waals surface area contributed by atoms with Crippen molar-refractivity contribution in [2.24, 2.45) is 0 Å². The minimum Gasteiger partial charge on any atom is -0.461 e. The van der Waals surface area contributed by atoms with Crippen molar-refractivity contribution in [1.82, 2.24) is 15.0 Å². The van der Waals surface area contributed by atoms with Gasteiger partial charge in [0.05, 0.1) is 18.0 Å². The first kappa shape index (κ1) is 14.7. The van der Waals surface area contributed by atoms with Crippen LogP contribution in [-0.2, 0) is 4.74 Å². The van der Waals surface area contributed by atoms with Gasteiger partial charge in [-0.2, -0.15) is 9.90 Å². The summed E-state index contributed by atoms with van der Waals surface area (Å²) < 4.78 is 6.00. The molecule has 0 fully saturated rings. The number of aryl methyl sites for hydroxylation is 3. The van der Waals surface area contributed by atoms with E-state index in [1.54, 1.807) is 13.8 Å². The second-order valence-electron chi connectivity index (χ2n) is 4.53. The molecule has 0 N–H and O–H groups in total. The molecule has 20 heavy (non-hydrogen) atoms. The summed E-state index contributed by atoms with van der Waals surface area (Å²) in [6.07, 6.45) is 0. The Labute approximate surface area is 126 Å². The van der Waals surface area contributed by atoms with Crippen LogP contribution in [0.1, 0.15) is 34.2 Å². The lowest BCUT2D eigenvalue weighted by atomic mass is 10.1. The summed E-state index contributed by atoms with van der Waals surface area (Å²) in [6.45, 7) is 7.80. The van der Waals surface area contributed by atoms with E-state index in [1.807, 2.05) is 26.0 Å². The van der Waals surface area contributed by atoms with Crippen molar-refractivity contribution in [2.45, 2.75) is 27.7 Å². The highest BCUT2D eigenvalue weighted by Gasteiger charge is 2.18. The van der Waals surface area contributed by atoms with Crippen LogP contribution in [0.25, 0.3) is 5.69 Å². The SMILES string of the molecule is CCOC(=O)c1nn(-c2cc(C)c(Br)cc2C)nc1C. The number of carbonyl (C=O) groups excluding carboxylic acids is 1. The molecular formula is C14H16BrN3O2. The maximum absolute atomic E-state index is 11.8. The van der Waals surface area contributed by atoms with E-state index in [2.05, 4.69) is 26.1 Å². The fourth-order valence-electron chi connectivity index (χ4n) is 1.86. The van der Waals surface area contributed by atoms with Crippen molar-refractivity contribution >= 4 is 21.9 Å². The van der Waals surface area contributed by atoms with Crippen molar-refractivity contribution in [3.8, 4) is 5.69 Å².